The van der Waals surface area contributed by atoms with E-state index in [1.807, 2.05) is 20.8 Å². The number of aryl methyl sites for hydroxylation is 5. The molecule has 0 amide bonds. The number of carbonyl (C=O) groups excluding carboxylic acids is 10. The summed E-state index contributed by atoms with van der Waals surface area (Å²) in [6, 6.07) is 1.00. The van der Waals surface area contributed by atoms with Crippen molar-refractivity contribution >= 4 is 166 Å². The van der Waals surface area contributed by atoms with Gasteiger partial charge in [0, 0.05) is 81.0 Å². The first-order valence-electron chi connectivity index (χ1n) is 48.3. The number of anilines is 5. The fourth-order valence-electron chi connectivity index (χ4n) is 12.3. The Morgan fingerprint density at radius 3 is 0.921 bits per heavy atom. The molecular formula is C90H126Cl2KN15O18. The van der Waals surface area contributed by atoms with Crippen molar-refractivity contribution in [3.05, 3.63) is 172 Å². The number of Topliss-reactive ketones (excluding diaryl/α,β-unsaturated/α-hetero) is 10. The summed E-state index contributed by atoms with van der Waals surface area (Å²) in [6.07, 6.45) is -13.1. The third-order valence-electron chi connectivity index (χ3n) is 17.2. The molecule has 33 nitrogen and oxygen atoms in total. The van der Waals surface area contributed by atoms with Crippen LogP contribution in [0.4, 0.5) is 28.4 Å². The Morgan fingerprint density at radius 1 is 0.405 bits per heavy atom. The average Bonchev–Trinajstić information content (AvgIpc) is 1.02. The van der Waals surface area contributed by atoms with E-state index in [-0.39, 0.29) is 237 Å². The standard InChI is InChI=1S/5C15H15N3O3.C4H10O.C4H9O.7CH4.2ClH.K.H2O/c5*1-8-17-11-4-2-3-10(16)14(11)15(21)18(8)12-6-5-9(19)7-13(12)20;2*1-4(2,3)5;;;;;;;;;;;/h5*2-4,12H,5-7,16H2,1H3;5H,1-3H3;1-3H3;7*1H4;2*1H;;1H2/q;;;;;;-1;;;;;;;;;;+1;/t2*12-;;;;;;;;;;;;;;;;/m10................/s1/i2*1D3,3D,4D,5D2,12D;1D3,3D,4D;5D2,12D;;5D;;;;;;;;;;;;/hD2. The van der Waals surface area contributed by atoms with Crippen molar-refractivity contribution in [1.29, 1.82) is 4.29 Å². The number of hydrogen-bond donors (Lipinski definition) is 6. The van der Waals surface area contributed by atoms with E-state index in [0.29, 0.717) is 40.8 Å². The van der Waals surface area contributed by atoms with Gasteiger partial charge in [-0.25, -0.2) is 24.9 Å². The number of fused-ring (bicyclic) bond motifs is 5. The van der Waals surface area contributed by atoms with Gasteiger partial charge in [-0.15, -0.1) is 30.4 Å². The molecule has 5 saturated carbocycles. The number of halogens is 2. The van der Waals surface area contributed by atoms with Crippen LogP contribution in [0.1, 0.15) is 282 Å². The van der Waals surface area contributed by atoms with Gasteiger partial charge >= 0.3 is 51.4 Å². The summed E-state index contributed by atoms with van der Waals surface area (Å²) in [5.74, 6) is -9.44. The van der Waals surface area contributed by atoms with Gasteiger partial charge in [0.2, 0.25) is 4.29 Å². The Kier molecular flexibility index (Phi) is 31.0. The number of aromatic nitrogens is 10. The minimum absolute atomic E-state index is 0. The van der Waals surface area contributed by atoms with Crippen molar-refractivity contribution in [2.45, 2.75) is 265 Å². The molecule has 0 radical (unpaired) electrons. The number of nitrogens with zero attached hydrogens (tertiary/aromatic N) is 10. The third-order valence-corrected chi connectivity index (χ3v) is 17.2. The van der Waals surface area contributed by atoms with Gasteiger partial charge in [0.25, 0.3) is 27.8 Å². The van der Waals surface area contributed by atoms with Gasteiger partial charge in [-0.1, -0.05) is 103 Å². The van der Waals surface area contributed by atoms with E-state index in [1.165, 1.54) is 17.6 Å². The molecule has 5 atom stereocenters. The topological polar surface area (TPSA) is 550 Å². The maximum atomic E-state index is 13.2. The molecule has 0 aliphatic heterocycles. The quantitative estimate of drug-likeness (QED) is 0.0537. The molecule has 0 spiro atoms. The summed E-state index contributed by atoms with van der Waals surface area (Å²) < 4.78 is 209. The molecule has 3 unspecified atom stereocenters. The van der Waals surface area contributed by atoms with Crippen LogP contribution in [-0.2, 0) is 47.9 Å². The second kappa shape index (κ2) is 50.2. The van der Waals surface area contributed by atoms with Crippen molar-refractivity contribution in [3.63, 3.8) is 0 Å². The number of carbonyl (C=O) groups is 10. The van der Waals surface area contributed by atoms with Gasteiger partial charge < -0.3 is 44.4 Å². The molecule has 5 aliphatic rings. The van der Waals surface area contributed by atoms with Crippen LogP contribution < -0.4 is 113 Å². The number of nitrogen functional groups attached to an aromatic ring is 5. The Hall–Kier alpha value is -10.4. The van der Waals surface area contributed by atoms with Gasteiger partial charge in [0.05, 0.1) is 135 Å². The van der Waals surface area contributed by atoms with E-state index in [0.717, 1.165) is 27.3 Å². The molecule has 13 N–H and O–H groups in total. The Labute approximate surface area is 826 Å². The Morgan fingerprint density at radius 2 is 0.643 bits per heavy atom. The largest absolute Gasteiger partial charge is 1.00 e. The molecule has 0 bridgehead atoms. The van der Waals surface area contributed by atoms with Gasteiger partial charge in [0.1, 0.15) is 58.0 Å². The third kappa shape index (κ3) is 28.6. The van der Waals surface area contributed by atoms with E-state index in [2.05, 4.69) is 35.5 Å². The van der Waals surface area contributed by atoms with E-state index in [1.54, 1.807) is 58.0 Å². The predicted molar refractivity (Wildman–Crippen MR) is 497 cm³/mol. The summed E-state index contributed by atoms with van der Waals surface area (Å²) in [6.45, 7) is 4.49. The minimum Gasteiger partial charge on any atom is -0.850 e. The first kappa shape index (κ1) is 77.9. The van der Waals surface area contributed by atoms with Crippen molar-refractivity contribution in [1.82, 2.24) is 47.8 Å². The van der Waals surface area contributed by atoms with E-state index in [4.69, 9.17) is 65.9 Å². The first-order valence-corrected chi connectivity index (χ1v) is 35.1. The van der Waals surface area contributed by atoms with E-state index in [9.17, 15) is 77.0 Å². The number of nitrogens with two attached hydrogens (primary N) is 5. The molecule has 684 valence electrons. The molecule has 36 heteroatoms. The zero-order valence-electron chi connectivity index (χ0n) is 92.4. The zero-order valence-corrected chi connectivity index (χ0v) is 70.1. The maximum Gasteiger partial charge on any atom is 1.00 e. The van der Waals surface area contributed by atoms with Crippen LogP contribution in [0.3, 0.4) is 0 Å². The first-order chi connectivity index (χ1) is 65.3. The average molecular weight is 1840 g/mol. The van der Waals surface area contributed by atoms with Crippen molar-refractivity contribution in [3.8, 4) is 0 Å². The summed E-state index contributed by atoms with van der Waals surface area (Å²) in [4.78, 5) is 205. The summed E-state index contributed by atoms with van der Waals surface area (Å²) in [5, 5.41) is 13.4. The zero-order chi connectivity index (χ0) is 109. The molecule has 5 heterocycles. The van der Waals surface area contributed by atoms with E-state index < -0.39 is 251 Å². The number of rotatable bonds is 5. The predicted octanol–water partition coefficient (Wildman–Crippen LogP) is 8.15. The molecule has 5 fully saturated rings. The van der Waals surface area contributed by atoms with Crippen LogP contribution in [0.25, 0.3) is 54.5 Å². The normalized spacial score (nSPS) is 23.2. The molecule has 0 saturated heterocycles. The van der Waals surface area contributed by atoms with Crippen LogP contribution in [0.15, 0.2) is 115 Å². The van der Waals surface area contributed by atoms with Gasteiger partial charge in [0.15, 0.2) is 28.9 Å². The van der Waals surface area contributed by atoms with Gasteiger partial charge in [-0.05, 0) is 148 Å². The fourth-order valence-corrected chi connectivity index (χ4v) is 12.3. The summed E-state index contributed by atoms with van der Waals surface area (Å²) in [5.41, 5.74) is 25.5. The second-order valence-corrected chi connectivity index (χ2v) is 28.3. The number of benzene rings is 5. The van der Waals surface area contributed by atoms with Crippen LogP contribution in [0.5, 0.6) is 0 Å². The molecule has 126 heavy (non-hydrogen) atoms. The van der Waals surface area contributed by atoms with Crippen LogP contribution in [0.2, 0.25) is 0 Å². The van der Waals surface area contributed by atoms with Crippen molar-refractivity contribution in [2.24, 2.45) is 0 Å². The molecule has 15 rings (SSSR count). The van der Waals surface area contributed by atoms with Crippen LogP contribution >= 0.6 is 24.8 Å². The number of hydrogen-bond acceptors (Lipinski definition) is 27. The summed E-state index contributed by atoms with van der Waals surface area (Å²) >= 11 is 0. The Balaban J connectivity index is -0.00000176. The minimum atomic E-state index is -3.11. The number of ketones is 10. The van der Waals surface area contributed by atoms with Crippen LogP contribution in [-0.4, -0.2) is 132 Å². The molecule has 5 aromatic carbocycles. The van der Waals surface area contributed by atoms with Crippen molar-refractivity contribution in [2.75, 3.05) is 28.7 Å². The van der Waals surface area contributed by atoms with E-state index >= 15 is 0 Å². The molecule has 5 aromatic heterocycles. The second-order valence-electron chi connectivity index (χ2n) is 28.3. The fraction of sp³-hybridized carbons (Fsp3) is 0.444. The smallest absolute Gasteiger partial charge is 0.850 e. The molecule has 10 aromatic rings. The van der Waals surface area contributed by atoms with Crippen LogP contribution in [0, 0.1) is 34.4 Å². The molecule has 5 aliphatic carbocycles. The van der Waals surface area contributed by atoms with Gasteiger partial charge in [-0.2, -0.15) is 0 Å². The monoisotopic (exact) mass is 1840 g/mol. The maximum absolute atomic E-state index is 13.2. The summed E-state index contributed by atoms with van der Waals surface area (Å²) in [7, 11) is 0. The SMILES string of the molecule is C.C.C.C.C.C.C.CC(C)(C)[O-].Cc1nc2cccc(N)c2c(=O)n1C1CCC(=O)CC1=O.Cl.Cl.[2H]C1([2H])CC([2H])(n2c(C)nc3cccc(N)c3c2=O)C(=O)CC1=O.[2H]OC(C)(C)C.[2H]O[2H].[2H]c1cc([2H])c2nc(C([2H])([2H])[2H])n(C3CCC(=O)CC3=O)c(=O)c2c1N.[2H]c1cc([2H])c2nc(C([2H])([2H])[2H])n([C@@]3([2H])CC([2H])([2H])C(=O)CC3=O)c(=O)c2c1N.[2H]c1cc([2H])c2nc(C([2H])([2H])[2H])n([C@]3([2H])CC([2H])([2H])C(=O)CC3=O)c(=O)c2c1N.[K+]. The molecular weight excluding hydrogens is 1690 g/mol. The van der Waals surface area contributed by atoms with Crippen molar-refractivity contribution < 1.29 is 148 Å². The Bertz CT molecular complexity index is 7100. The number of aliphatic hydroxyl groups is 1. The van der Waals surface area contributed by atoms with Gasteiger partial charge in [-0.3, -0.25) is 94.8 Å².